The third kappa shape index (κ3) is 5.81. The molecule has 1 aromatic heterocycles. The van der Waals surface area contributed by atoms with E-state index in [0.717, 1.165) is 70.0 Å². The number of allylic oxidation sites excluding steroid dienone is 4. The first kappa shape index (κ1) is 21.3. The lowest BCUT2D eigenvalue weighted by molar-refractivity contribution is -0.125. The Labute approximate surface area is 184 Å². The van der Waals surface area contributed by atoms with Crippen molar-refractivity contribution in [3.05, 3.63) is 65.4 Å². The highest BCUT2D eigenvalue weighted by Crippen LogP contribution is 2.26. The Bertz CT molecular complexity index is 918. The van der Waals surface area contributed by atoms with E-state index in [1.165, 1.54) is 11.1 Å². The van der Waals surface area contributed by atoms with Crippen LogP contribution in [0.15, 0.2) is 59.9 Å². The van der Waals surface area contributed by atoms with E-state index in [9.17, 15) is 9.59 Å². The minimum atomic E-state index is 0.0291. The van der Waals surface area contributed by atoms with Crippen LogP contribution in [0.1, 0.15) is 56.9 Å². The second-order valence-electron chi connectivity index (χ2n) is 8.51. The van der Waals surface area contributed by atoms with Crippen LogP contribution in [0.25, 0.3) is 6.08 Å². The van der Waals surface area contributed by atoms with E-state index in [4.69, 9.17) is 0 Å². The van der Waals surface area contributed by atoms with Crippen molar-refractivity contribution in [2.24, 2.45) is 5.92 Å². The highest BCUT2D eigenvalue weighted by Gasteiger charge is 2.22. The van der Waals surface area contributed by atoms with Crippen molar-refractivity contribution in [3.63, 3.8) is 0 Å². The van der Waals surface area contributed by atoms with Gasteiger partial charge in [-0.3, -0.25) is 9.59 Å². The Morgan fingerprint density at radius 2 is 1.94 bits per heavy atom. The number of aromatic nitrogens is 1. The summed E-state index contributed by atoms with van der Waals surface area (Å²) >= 11 is 0. The number of anilines is 1. The Balaban J connectivity index is 1.28. The predicted molar refractivity (Wildman–Crippen MR) is 124 cm³/mol. The van der Waals surface area contributed by atoms with Gasteiger partial charge in [-0.05, 0) is 73.4 Å². The third-order valence-corrected chi connectivity index (χ3v) is 6.30. The van der Waals surface area contributed by atoms with Gasteiger partial charge in [0.25, 0.3) is 0 Å². The van der Waals surface area contributed by atoms with E-state index in [0.29, 0.717) is 5.82 Å². The van der Waals surface area contributed by atoms with Gasteiger partial charge in [-0.15, -0.1) is 0 Å². The van der Waals surface area contributed by atoms with Crippen molar-refractivity contribution in [3.8, 4) is 0 Å². The lowest BCUT2D eigenvalue weighted by atomic mass is 9.97. The third-order valence-electron chi connectivity index (χ3n) is 6.30. The van der Waals surface area contributed by atoms with Gasteiger partial charge in [-0.25, -0.2) is 4.98 Å². The Morgan fingerprint density at radius 1 is 1.06 bits per heavy atom. The molecule has 5 nitrogen and oxygen atoms in total. The maximum atomic E-state index is 12.7. The quantitative estimate of drug-likeness (QED) is 0.682. The maximum absolute atomic E-state index is 12.7. The first-order valence-electron chi connectivity index (χ1n) is 11.5. The fourth-order valence-electron chi connectivity index (χ4n) is 4.47. The number of hydrogen-bond donors (Lipinski definition) is 1. The number of nitrogens with one attached hydrogen (secondary N) is 1. The summed E-state index contributed by atoms with van der Waals surface area (Å²) in [6.07, 6.45) is 22.3. The van der Waals surface area contributed by atoms with Crippen LogP contribution in [0.5, 0.6) is 0 Å². The van der Waals surface area contributed by atoms with Crippen molar-refractivity contribution in [2.75, 3.05) is 18.4 Å². The molecular formula is C26H31N3O2. The van der Waals surface area contributed by atoms with Crippen molar-refractivity contribution in [1.29, 1.82) is 0 Å². The van der Waals surface area contributed by atoms with Crippen LogP contribution in [0.3, 0.4) is 0 Å². The second-order valence-corrected chi connectivity index (χ2v) is 8.51. The first-order chi connectivity index (χ1) is 15.2. The molecule has 3 aliphatic rings. The van der Waals surface area contributed by atoms with E-state index >= 15 is 0 Å². The summed E-state index contributed by atoms with van der Waals surface area (Å²) in [7, 11) is 0. The van der Waals surface area contributed by atoms with Gasteiger partial charge in [0.1, 0.15) is 5.82 Å². The Kier molecular flexibility index (Phi) is 7.13. The highest BCUT2D eigenvalue weighted by atomic mass is 16.2. The molecule has 0 spiro atoms. The van der Waals surface area contributed by atoms with Gasteiger partial charge in [-0.2, -0.15) is 0 Å². The minimum absolute atomic E-state index is 0.0291. The van der Waals surface area contributed by atoms with Crippen molar-refractivity contribution >= 4 is 23.7 Å². The van der Waals surface area contributed by atoms with Crippen molar-refractivity contribution < 1.29 is 9.59 Å². The molecule has 0 saturated heterocycles. The van der Waals surface area contributed by atoms with Crippen LogP contribution >= 0.6 is 0 Å². The lowest BCUT2D eigenvalue weighted by Crippen LogP contribution is -2.30. The van der Waals surface area contributed by atoms with Gasteiger partial charge in [0.05, 0.1) is 0 Å². The number of rotatable bonds is 5. The van der Waals surface area contributed by atoms with Gasteiger partial charge in [0.2, 0.25) is 11.8 Å². The molecule has 0 radical (unpaired) electrons. The first-order valence-corrected chi connectivity index (χ1v) is 11.5. The normalized spacial score (nSPS) is 19.8. The number of hydrogen-bond acceptors (Lipinski definition) is 3. The van der Waals surface area contributed by atoms with E-state index < -0.39 is 0 Å². The fourth-order valence-corrected chi connectivity index (χ4v) is 4.47. The molecule has 2 aliphatic carbocycles. The molecule has 0 atom stereocenters. The summed E-state index contributed by atoms with van der Waals surface area (Å²) in [5.74, 6) is 0.782. The standard InChI is InChI=1S/C26H31N3O2/c30-25(29-17-6-11-22(16-18-29)21-7-2-1-3-8-21)15-13-20-12-14-24(27-19-20)28-26(31)23-9-4-5-10-23/h2,7-8,11-15,19,23H,1,3-6,9-10,16-18H2,(H,27,28,31)/b15-13+. The zero-order valence-corrected chi connectivity index (χ0v) is 18.1. The van der Waals surface area contributed by atoms with Crippen molar-refractivity contribution in [2.45, 2.75) is 51.4 Å². The largest absolute Gasteiger partial charge is 0.339 e. The summed E-state index contributed by atoms with van der Waals surface area (Å²) in [6, 6.07) is 3.68. The van der Waals surface area contributed by atoms with Crippen LogP contribution in [0, 0.1) is 5.92 Å². The molecule has 5 heteroatoms. The highest BCUT2D eigenvalue weighted by molar-refractivity contribution is 5.93. The van der Waals surface area contributed by atoms with Crippen LogP contribution in [-0.4, -0.2) is 34.8 Å². The van der Waals surface area contributed by atoms with Gasteiger partial charge < -0.3 is 10.2 Å². The van der Waals surface area contributed by atoms with Crippen LogP contribution < -0.4 is 5.32 Å². The molecule has 1 saturated carbocycles. The molecule has 4 rings (SSSR count). The molecule has 0 unspecified atom stereocenters. The molecule has 0 bridgehead atoms. The molecule has 31 heavy (non-hydrogen) atoms. The number of carbonyl (C=O) groups is 2. The van der Waals surface area contributed by atoms with E-state index in [1.54, 1.807) is 24.4 Å². The molecule has 2 heterocycles. The van der Waals surface area contributed by atoms with Gasteiger partial charge in [-0.1, -0.05) is 37.1 Å². The number of nitrogens with zero attached hydrogens (tertiary/aromatic N) is 2. The van der Waals surface area contributed by atoms with Gasteiger partial charge in [0, 0.05) is 31.3 Å². The Hall–Kier alpha value is -2.95. The molecule has 1 aliphatic heterocycles. The van der Waals surface area contributed by atoms with E-state index in [1.807, 2.05) is 11.0 Å². The molecule has 1 N–H and O–H groups in total. The topological polar surface area (TPSA) is 62.3 Å². The van der Waals surface area contributed by atoms with Gasteiger partial charge in [0.15, 0.2) is 0 Å². The van der Waals surface area contributed by atoms with Gasteiger partial charge >= 0.3 is 0 Å². The number of carbonyl (C=O) groups excluding carboxylic acids is 2. The summed E-state index contributed by atoms with van der Waals surface area (Å²) < 4.78 is 0. The van der Waals surface area contributed by atoms with E-state index in [2.05, 4.69) is 34.6 Å². The zero-order valence-electron chi connectivity index (χ0n) is 18.1. The molecule has 1 aromatic rings. The summed E-state index contributed by atoms with van der Waals surface area (Å²) in [6.45, 7) is 1.48. The molecule has 2 amide bonds. The summed E-state index contributed by atoms with van der Waals surface area (Å²) in [4.78, 5) is 31.1. The lowest BCUT2D eigenvalue weighted by Gasteiger charge is -2.19. The smallest absolute Gasteiger partial charge is 0.246 e. The fraction of sp³-hybridized carbons (Fsp3) is 0.423. The summed E-state index contributed by atoms with van der Waals surface area (Å²) in [5.41, 5.74) is 3.52. The van der Waals surface area contributed by atoms with Crippen LogP contribution in [0.2, 0.25) is 0 Å². The zero-order chi connectivity index (χ0) is 21.5. The monoisotopic (exact) mass is 417 g/mol. The second kappa shape index (κ2) is 10.4. The van der Waals surface area contributed by atoms with E-state index in [-0.39, 0.29) is 17.7 Å². The number of amides is 2. The molecule has 162 valence electrons. The molecule has 1 fully saturated rings. The van der Waals surface area contributed by atoms with Crippen molar-refractivity contribution in [1.82, 2.24) is 9.88 Å². The molecule has 0 aromatic carbocycles. The average molecular weight is 418 g/mol. The summed E-state index contributed by atoms with van der Waals surface area (Å²) in [5, 5.41) is 2.90. The number of pyridine rings is 1. The Morgan fingerprint density at radius 3 is 2.68 bits per heavy atom. The van der Waals surface area contributed by atoms with Crippen LogP contribution in [0.4, 0.5) is 5.82 Å². The maximum Gasteiger partial charge on any atom is 0.246 e. The SMILES string of the molecule is O=C(Nc1ccc(/C=C/C(=O)N2CCC=C(C3=CCCC=C3)CC2)cn1)C1CCCC1. The minimum Gasteiger partial charge on any atom is -0.339 e. The average Bonchev–Trinajstić information content (AvgIpc) is 3.24. The molecular weight excluding hydrogens is 386 g/mol. The van der Waals surface area contributed by atoms with Crippen LogP contribution in [-0.2, 0) is 9.59 Å². The predicted octanol–water partition coefficient (Wildman–Crippen LogP) is 5.05.